The molecule has 1 aromatic heterocycles. The van der Waals surface area contributed by atoms with Crippen molar-refractivity contribution in [2.75, 3.05) is 23.3 Å². The van der Waals surface area contributed by atoms with Crippen molar-refractivity contribution in [3.8, 4) is 11.1 Å². The van der Waals surface area contributed by atoms with Crippen LogP contribution in [0.5, 0.6) is 0 Å². The predicted molar refractivity (Wildman–Crippen MR) is 110 cm³/mol. The minimum atomic E-state index is -0.0572. The summed E-state index contributed by atoms with van der Waals surface area (Å²) in [6.07, 6.45) is 2.45. The van der Waals surface area contributed by atoms with Gasteiger partial charge in [0.2, 0.25) is 5.91 Å². The first-order chi connectivity index (χ1) is 13.0. The fourth-order valence-electron chi connectivity index (χ4n) is 3.75. The number of aryl methyl sites for hydroxylation is 2. The van der Waals surface area contributed by atoms with Gasteiger partial charge < -0.3 is 10.2 Å². The lowest BCUT2D eigenvalue weighted by atomic mass is 10.0. The second-order valence-corrected chi connectivity index (χ2v) is 7.23. The number of amides is 1. The molecular formula is C22H24N4O. The van der Waals surface area contributed by atoms with E-state index in [0.717, 1.165) is 58.0 Å². The molecule has 2 heterocycles. The van der Waals surface area contributed by atoms with E-state index in [1.54, 1.807) is 0 Å². The van der Waals surface area contributed by atoms with Crippen LogP contribution in [-0.2, 0) is 4.79 Å². The molecule has 0 atom stereocenters. The normalized spacial score (nSPS) is 14.0. The summed E-state index contributed by atoms with van der Waals surface area (Å²) in [6, 6.07) is 12.5. The number of hydrogen-bond donors (Lipinski definition) is 1. The van der Waals surface area contributed by atoms with Crippen LogP contribution in [0.15, 0.2) is 36.4 Å². The molecule has 0 unspecified atom stereocenters. The number of rotatable bonds is 3. The van der Waals surface area contributed by atoms with Gasteiger partial charge in [-0.3, -0.25) is 4.79 Å². The third-order valence-corrected chi connectivity index (χ3v) is 5.06. The van der Waals surface area contributed by atoms with Crippen molar-refractivity contribution >= 4 is 28.3 Å². The monoisotopic (exact) mass is 360 g/mol. The maximum absolute atomic E-state index is 11.3. The summed E-state index contributed by atoms with van der Waals surface area (Å²) in [5.74, 6) is 1.80. The number of hydrogen-bond acceptors (Lipinski definition) is 4. The molecule has 138 valence electrons. The largest absolute Gasteiger partial charge is 0.356 e. The fraction of sp³-hybridized carbons (Fsp3) is 0.318. The average Bonchev–Trinajstić information content (AvgIpc) is 3.16. The minimum absolute atomic E-state index is 0.0572. The molecule has 3 aromatic rings. The van der Waals surface area contributed by atoms with E-state index in [1.807, 2.05) is 26.0 Å². The van der Waals surface area contributed by atoms with Crippen molar-refractivity contribution < 1.29 is 4.79 Å². The number of carbonyl (C=O) groups excluding carboxylic acids is 1. The molecule has 1 fully saturated rings. The maximum Gasteiger partial charge on any atom is 0.221 e. The van der Waals surface area contributed by atoms with Gasteiger partial charge in [0.1, 0.15) is 11.6 Å². The zero-order chi connectivity index (χ0) is 19.0. The Morgan fingerprint density at radius 1 is 1.00 bits per heavy atom. The molecule has 1 aliphatic rings. The molecule has 2 aromatic carbocycles. The first kappa shape index (κ1) is 17.5. The van der Waals surface area contributed by atoms with Crippen LogP contribution in [-0.4, -0.2) is 29.0 Å². The molecule has 0 bridgehead atoms. The topological polar surface area (TPSA) is 58.1 Å². The summed E-state index contributed by atoms with van der Waals surface area (Å²) in [5.41, 5.74) is 5.10. The van der Waals surface area contributed by atoms with Crippen LogP contribution in [0.3, 0.4) is 0 Å². The van der Waals surface area contributed by atoms with Gasteiger partial charge in [-0.05, 0) is 67.6 Å². The summed E-state index contributed by atoms with van der Waals surface area (Å²) < 4.78 is 0. The molecule has 1 N–H and O–H groups in total. The average molecular weight is 360 g/mol. The summed E-state index contributed by atoms with van der Waals surface area (Å²) in [5, 5.41) is 3.97. The lowest BCUT2D eigenvalue weighted by Crippen LogP contribution is -2.20. The van der Waals surface area contributed by atoms with Crippen LogP contribution in [0, 0.1) is 13.8 Å². The first-order valence-corrected chi connectivity index (χ1v) is 9.43. The number of nitrogens with one attached hydrogen (secondary N) is 1. The number of fused-ring (bicyclic) bond motifs is 1. The van der Waals surface area contributed by atoms with E-state index in [1.165, 1.54) is 19.8 Å². The summed E-state index contributed by atoms with van der Waals surface area (Å²) in [4.78, 5) is 23.1. The Morgan fingerprint density at radius 3 is 2.41 bits per heavy atom. The van der Waals surface area contributed by atoms with E-state index in [4.69, 9.17) is 4.98 Å². The Bertz CT molecular complexity index is 1020. The summed E-state index contributed by atoms with van der Waals surface area (Å²) >= 11 is 0. The number of benzene rings is 2. The van der Waals surface area contributed by atoms with Crippen LogP contribution >= 0.6 is 0 Å². The highest BCUT2D eigenvalue weighted by atomic mass is 16.1. The van der Waals surface area contributed by atoms with Gasteiger partial charge in [0.25, 0.3) is 0 Å². The molecule has 0 aliphatic carbocycles. The first-order valence-electron chi connectivity index (χ1n) is 9.43. The lowest BCUT2D eigenvalue weighted by molar-refractivity contribution is -0.114. The molecule has 0 spiro atoms. The van der Waals surface area contributed by atoms with E-state index >= 15 is 0 Å². The summed E-state index contributed by atoms with van der Waals surface area (Å²) in [6.45, 7) is 7.62. The van der Waals surface area contributed by atoms with Crippen molar-refractivity contribution in [1.82, 2.24) is 9.97 Å². The van der Waals surface area contributed by atoms with Crippen LogP contribution in [0.2, 0.25) is 0 Å². The van der Waals surface area contributed by atoms with Crippen LogP contribution < -0.4 is 10.2 Å². The molecule has 1 amide bonds. The van der Waals surface area contributed by atoms with Gasteiger partial charge in [0.05, 0.1) is 5.52 Å². The Morgan fingerprint density at radius 2 is 1.70 bits per heavy atom. The maximum atomic E-state index is 11.3. The smallest absolute Gasteiger partial charge is 0.221 e. The Balaban J connectivity index is 1.75. The van der Waals surface area contributed by atoms with Crippen molar-refractivity contribution in [3.63, 3.8) is 0 Å². The molecule has 1 saturated heterocycles. The van der Waals surface area contributed by atoms with Crippen molar-refractivity contribution in [3.05, 3.63) is 47.8 Å². The van der Waals surface area contributed by atoms with Gasteiger partial charge in [-0.25, -0.2) is 9.97 Å². The highest BCUT2D eigenvalue weighted by Gasteiger charge is 2.17. The Labute approximate surface area is 159 Å². The van der Waals surface area contributed by atoms with Crippen molar-refractivity contribution in [1.29, 1.82) is 0 Å². The van der Waals surface area contributed by atoms with Gasteiger partial charge in [0, 0.05) is 31.1 Å². The molecule has 0 saturated carbocycles. The van der Waals surface area contributed by atoms with Crippen LogP contribution in [0.4, 0.5) is 11.5 Å². The molecule has 5 heteroatoms. The van der Waals surface area contributed by atoms with Crippen LogP contribution in [0.25, 0.3) is 22.0 Å². The van der Waals surface area contributed by atoms with Gasteiger partial charge in [-0.2, -0.15) is 0 Å². The predicted octanol–water partition coefficient (Wildman–Crippen LogP) is 4.47. The SMILES string of the molecule is CC(=O)Nc1ccc(-c2ccc3c(N4CCCC4)nc(C)nc3c2)cc1C. The van der Waals surface area contributed by atoms with Crippen molar-refractivity contribution in [2.24, 2.45) is 0 Å². The zero-order valence-corrected chi connectivity index (χ0v) is 16.0. The third-order valence-electron chi connectivity index (χ3n) is 5.06. The van der Waals surface area contributed by atoms with Crippen LogP contribution in [0.1, 0.15) is 31.2 Å². The number of carbonyl (C=O) groups is 1. The third kappa shape index (κ3) is 3.50. The highest BCUT2D eigenvalue weighted by molar-refractivity contribution is 5.93. The molecule has 5 nitrogen and oxygen atoms in total. The fourth-order valence-corrected chi connectivity index (χ4v) is 3.75. The molecule has 0 radical (unpaired) electrons. The number of nitrogens with zero attached hydrogens (tertiary/aromatic N) is 3. The van der Waals surface area contributed by atoms with Gasteiger partial charge in [0.15, 0.2) is 0 Å². The van der Waals surface area contributed by atoms with E-state index in [-0.39, 0.29) is 5.91 Å². The Kier molecular flexibility index (Phi) is 4.52. The lowest BCUT2D eigenvalue weighted by Gasteiger charge is -2.19. The highest BCUT2D eigenvalue weighted by Crippen LogP contribution is 2.31. The van der Waals surface area contributed by atoms with E-state index in [9.17, 15) is 4.79 Å². The van der Waals surface area contributed by atoms with E-state index in [0.29, 0.717) is 0 Å². The van der Waals surface area contributed by atoms with Crippen molar-refractivity contribution in [2.45, 2.75) is 33.6 Å². The Hall–Kier alpha value is -2.95. The van der Waals surface area contributed by atoms with Gasteiger partial charge in [-0.1, -0.05) is 12.1 Å². The van der Waals surface area contributed by atoms with Gasteiger partial charge >= 0.3 is 0 Å². The van der Waals surface area contributed by atoms with E-state index in [2.05, 4.69) is 39.5 Å². The summed E-state index contributed by atoms with van der Waals surface area (Å²) in [7, 11) is 0. The van der Waals surface area contributed by atoms with Gasteiger partial charge in [-0.15, -0.1) is 0 Å². The second kappa shape index (κ2) is 6.99. The molecular weight excluding hydrogens is 336 g/mol. The molecule has 27 heavy (non-hydrogen) atoms. The van der Waals surface area contributed by atoms with E-state index < -0.39 is 0 Å². The quantitative estimate of drug-likeness (QED) is 0.748. The standard InChI is InChI=1S/C22H24N4O/c1-14-12-17(7-9-20(14)25-16(3)27)18-6-8-19-21(13-18)23-15(2)24-22(19)26-10-4-5-11-26/h6-9,12-13H,4-5,10-11H2,1-3H3,(H,25,27). The second-order valence-electron chi connectivity index (χ2n) is 7.23. The molecule has 1 aliphatic heterocycles. The number of anilines is 2. The minimum Gasteiger partial charge on any atom is -0.356 e. The number of aromatic nitrogens is 2. The zero-order valence-electron chi connectivity index (χ0n) is 16.0. The molecule has 4 rings (SSSR count).